The fourth-order valence-electron chi connectivity index (χ4n) is 8.06. The summed E-state index contributed by atoms with van der Waals surface area (Å²) in [5, 5.41) is 4.66. The van der Waals surface area contributed by atoms with Crippen molar-refractivity contribution in [1.29, 1.82) is 0 Å². The molecule has 0 bridgehead atoms. The summed E-state index contributed by atoms with van der Waals surface area (Å²) in [4.78, 5) is 8.02. The smallest absolute Gasteiger partial charge is 0.210 e. The maximum atomic E-state index is 8.26. The number of rotatable bonds is 3. The van der Waals surface area contributed by atoms with Crippen LogP contribution in [0.4, 0.5) is 11.4 Å². The van der Waals surface area contributed by atoms with Crippen LogP contribution >= 0.6 is 0 Å². The average Bonchev–Trinajstić information content (AvgIpc) is 3.82. The molecule has 226 valence electrons. The van der Waals surface area contributed by atoms with E-state index in [9.17, 15) is 0 Å². The van der Waals surface area contributed by atoms with E-state index in [1.54, 1.807) is 0 Å². The molecule has 2 aromatic heterocycles. The lowest BCUT2D eigenvalue weighted by molar-refractivity contribution is 1.18. The third-order valence-corrected chi connectivity index (χ3v) is 10.2. The van der Waals surface area contributed by atoms with Crippen LogP contribution in [-0.4, -0.2) is 9.13 Å². The first-order chi connectivity index (χ1) is 24.2. The monoisotopic (exact) mass is 622 g/mol. The van der Waals surface area contributed by atoms with E-state index in [1.807, 2.05) is 24.3 Å². The van der Waals surface area contributed by atoms with Crippen LogP contribution in [0.5, 0.6) is 0 Å². The molecule has 0 radical (unpaired) electrons. The van der Waals surface area contributed by atoms with Crippen molar-refractivity contribution in [3.63, 3.8) is 0 Å². The first-order valence-electron chi connectivity index (χ1n) is 16.4. The third kappa shape index (κ3) is 3.83. The van der Waals surface area contributed by atoms with E-state index in [2.05, 4.69) is 140 Å². The van der Waals surface area contributed by atoms with Crippen LogP contribution < -0.4 is 0 Å². The Hall–Kier alpha value is -6.88. The van der Waals surface area contributed by atoms with Gasteiger partial charge < -0.3 is 9.13 Å². The van der Waals surface area contributed by atoms with Crippen molar-refractivity contribution in [3.05, 3.63) is 180 Å². The van der Waals surface area contributed by atoms with E-state index in [1.165, 1.54) is 33.0 Å². The normalized spacial score (nSPS) is 12.0. The molecular formula is C45H26N4. The van der Waals surface area contributed by atoms with Gasteiger partial charge in [0, 0.05) is 27.1 Å². The molecule has 4 nitrogen and oxygen atoms in total. The molecule has 0 saturated carbocycles. The summed E-state index contributed by atoms with van der Waals surface area (Å²) in [5.41, 5.74) is 14.3. The molecule has 0 atom stereocenters. The number of aromatic nitrogens is 2. The molecule has 9 aromatic rings. The molecule has 0 saturated heterocycles. The van der Waals surface area contributed by atoms with Crippen LogP contribution in [0.1, 0.15) is 11.1 Å². The quantitative estimate of drug-likeness (QED) is 0.175. The van der Waals surface area contributed by atoms with Gasteiger partial charge in [-0.2, -0.15) is 0 Å². The fourth-order valence-corrected chi connectivity index (χ4v) is 8.06. The Morgan fingerprint density at radius 3 is 1.57 bits per heavy atom. The highest BCUT2D eigenvalue weighted by Crippen LogP contribution is 2.47. The number of fused-ring (bicyclic) bond motifs is 10. The van der Waals surface area contributed by atoms with Crippen molar-refractivity contribution in [1.82, 2.24) is 9.13 Å². The van der Waals surface area contributed by atoms with Crippen LogP contribution in [-0.2, 0) is 6.42 Å². The number of para-hydroxylation sites is 3. The highest BCUT2D eigenvalue weighted by Gasteiger charge is 2.26. The summed E-state index contributed by atoms with van der Waals surface area (Å²) in [6, 6.07) is 50.7. The first-order valence-corrected chi connectivity index (χ1v) is 16.4. The van der Waals surface area contributed by atoms with Gasteiger partial charge in [0.05, 0.1) is 46.6 Å². The Morgan fingerprint density at radius 2 is 0.959 bits per heavy atom. The zero-order chi connectivity index (χ0) is 32.6. The maximum Gasteiger partial charge on any atom is 0.210 e. The van der Waals surface area contributed by atoms with Gasteiger partial charge in [-0.05, 0) is 64.6 Å². The molecule has 0 fully saturated rings. The van der Waals surface area contributed by atoms with Crippen molar-refractivity contribution in [2.45, 2.75) is 6.42 Å². The van der Waals surface area contributed by atoms with Gasteiger partial charge in [-0.15, -0.1) is 0 Å². The molecule has 4 heteroatoms. The summed E-state index contributed by atoms with van der Waals surface area (Å²) in [7, 11) is 0. The van der Waals surface area contributed by atoms with Crippen molar-refractivity contribution < 1.29 is 0 Å². The Balaban J connectivity index is 1.24. The fraction of sp³-hybridized carbons (Fsp3) is 0.0222. The van der Waals surface area contributed by atoms with Crippen LogP contribution in [0.3, 0.4) is 0 Å². The Bertz CT molecular complexity index is 2890. The third-order valence-electron chi connectivity index (χ3n) is 10.2. The standard InChI is InChI=1S/C45H26N4/c1-46-37-23-20-28(26-42(37)48-39-16-8-5-13-33(39)34-14-6-9-17-40(34)48)29-21-24-38(47-2)43(27-29)49-41-18-10-7-15-35(41)36-22-19-31-25-30-11-3-4-12-32(30)44(31)45(36)49/h3-24,26-27H,25H2. The molecule has 0 N–H and O–H groups in total. The SMILES string of the molecule is [C-]#[N+]c1ccc(-c2ccc([N+]#[C-])c(-n3c4ccccc4c4ccc5c(c43)-c3ccccc3C5)c2)cc1-n1c2ccccc2c2ccccc21. The second kappa shape index (κ2) is 10.3. The number of nitrogens with zero attached hydrogens (tertiary/aromatic N) is 4. The van der Waals surface area contributed by atoms with Crippen LogP contribution in [0.25, 0.3) is 86.9 Å². The molecule has 49 heavy (non-hydrogen) atoms. The van der Waals surface area contributed by atoms with Crippen molar-refractivity contribution in [3.8, 4) is 33.6 Å². The number of hydrogen-bond donors (Lipinski definition) is 0. The number of hydrogen-bond acceptors (Lipinski definition) is 0. The van der Waals surface area contributed by atoms with Crippen molar-refractivity contribution in [2.24, 2.45) is 0 Å². The van der Waals surface area contributed by atoms with Gasteiger partial charge in [-0.3, -0.25) is 0 Å². The van der Waals surface area contributed by atoms with Crippen molar-refractivity contribution >= 4 is 55.0 Å². The second-order valence-electron chi connectivity index (χ2n) is 12.7. The van der Waals surface area contributed by atoms with Gasteiger partial charge in [-0.1, -0.05) is 115 Å². The van der Waals surface area contributed by atoms with Gasteiger partial charge in [0.2, 0.25) is 11.4 Å². The molecule has 0 unspecified atom stereocenters. The molecule has 0 aliphatic heterocycles. The lowest BCUT2D eigenvalue weighted by Gasteiger charge is -2.16. The molecule has 1 aliphatic rings. The molecule has 0 amide bonds. The van der Waals surface area contributed by atoms with E-state index in [4.69, 9.17) is 13.1 Å². The van der Waals surface area contributed by atoms with Crippen LogP contribution in [0.2, 0.25) is 0 Å². The lowest BCUT2D eigenvalue weighted by Crippen LogP contribution is -1.98. The second-order valence-corrected chi connectivity index (χ2v) is 12.7. The van der Waals surface area contributed by atoms with Crippen LogP contribution in [0, 0.1) is 13.1 Å². The first kappa shape index (κ1) is 27.3. The zero-order valence-corrected chi connectivity index (χ0v) is 26.4. The van der Waals surface area contributed by atoms with E-state index in [-0.39, 0.29) is 0 Å². The Kier molecular flexibility index (Phi) is 5.73. The molecule has 1 aliphatic carbocycles. The highest BCUT2D eigenvalue weighted by molar-refractivity contribution is 6.16. The molecule has 10 rings (SSSR count). The summed E-state index contributed by atoms with van der Waals surface area (Å²) < 4.78 is 4.52. The van der Waals surface area contributed by atoms with Gasteiger partial charge >= 0.3 is 0 Å². The summed E-state index contributed by atoms with van der Waals surface area (Å²) in [6.45, 7) is 16.4. The van der Waals surface area contributed by atoms with E-state index in [0.29, 0.717) is 11.4 Å². The highest BCUT2D eigenvalue weighted by atomic mass is 15.0. The maximum absolute atomic E-state index is 8.26. The van der Waals surface area contributed by atoms with Gasteiger partial charge in [0.25, 0.3) is 0 Å². The predicted octanol–water partition coefficient (Wildman–Crippen LogP) is 12.2. The summed E-state index contributed by atoms with van der Waals surface area (Å²) in [6.07, 6.45) is 0.900. The van der Waals surface area contributed by atoms with Gasteiger partial charge in [-0.25, -0.2) is 9.69 Å². The largest absolute Gasteiger partial charge is 0.319 e. The Morgan fingerprint density at radius 1 is 0.449 bits per heavy atom. The lowest BCUT2D eigenvalue weighted by atomic mass is 10.0. The van der Waals surface area contributed by atoms with E-state index in [0.717, 1.165) is 61.8 Å². The van der Waals surface area contributed by atoms with Crippen molar-refractivity contribution in [2.75, 3.05) is 0 Å². The van der Waals surface area contributed by atoms with E-state index >= 15 is 0 Å². The molecule has 0 spiro atoms. The minimum atomic E-state index is 0.588. The van der Waals surface area contributed by atoms with Gasteiger partial charge in [0.15, 0.2) is 0 Å². The summed E-state index contributed by atoms with van der Waals surface area (Å²) in [5.74, 6) is 0. The molecule has 2 heterocycles. The molecular weight excluding hydrogens is 597 g/mol. The Labute approximate surface area is 283 Å². The predicted molar refractivity (Wildman–Crippen MR) is 201 cm³/mol. The molecule has 7 aromatic carbocycles. The van der Waals surface area contributed by atoms with Gasteiger partial charge in [0.1, 0.15) is 0 Å². The summed E-state index contributed by atoms with van der Waals surface area (Å²) >= 11 is 0. The minimum absolute atomic E-state index is 0.588. The number of benzene rings is 7. The topological polar surface area (TPSA) is 18.6 Å². The van der Waals surface area contributed by atoms with Crippen LogP contribution in [0.15, 0.2) is 146 Å². The average molecular weight is 623 g/mol. The van der Waals surface area contributed by atoms with E-state index < -0.39 is 0 Å². The minimum Gasteiger partial charge on any atom is -0.319 e. The zero-order valence-electron chi connectivity index (χ0n) is 26.4.